The molecular formula is C16H21N3O2. The van der Waals surface area contributed by atoms with Crippen molar-refractivity contribution in [3.8, 4) is 0 Å². The summed E-state index contributed by atoms with van der Waals surface area (Å²) in [5.74, 6) is -0.0270. The lowest BCUT2D eigenvalue weighted by Crippen LogP contribution is -2.38. The highest BCUT2D eigenvalue weighted by molar-refractivity contribution is 5.78. The predicted molar refractivity (Wildman–Crippen MR) is 80.7 cm³/mol. The minimum Gasteiger partial charge on any atom is -0.466 e. The maximum absolute atomic E-state index is 11.9. The molecule has 3 rings (SSSR count). The van der Waals surface area contributed by atoms with Crippen molar-refractivity contribution in [1.29, 1.82) is 0 Å². The van der Waals surface area contributed by atoms with Gasteiger partial charge in [0.1, 0.15) is 0 Å². The van der Waals surface area contributed by atoms with E-state index in [9.17, 15) is 4.79 Å². The number of carbonyl (C=O) groups is 1. The normalized spacial score (nSPS) is 19.8. The van der Waals surface area contributed by atoms with Crippen molar-refractivity contribution in [3.63, 3.8) is 0 Å². The van der Waals surface area contributed by atoms with Crippen LogP contribution in [-0.4, -0.2) is 40.8 Å². The van der Waals surface area contributed by atoms with Crippen LogP contribution in [0.2, 0.25) is 0 Å². The average Bonchev–Trinajstić information content (AvgIpc) is 2.95. The fourth-order valence-corrected chi connectivity index (χ4v) is 2.99. The second-order valence-corrected chi connectivity index (χ2v) is 5.62. The molecular weight excluding hydrogens is 266 g/mol. The molecule has 1 fully saturated rings. The molecule has 2 aromatic rings. The van der Waals surface area contributed by atoms with Gasteiger partial charge in [-0.3, -0.25) is 14.8 Å². The quantitative estimate of drug-likeness (QED) is 0.877. The van der Waals surface area contributed by atoms with Gasteiger partial charge >= 0.3 is 5.97 Å². The fourth-order valence-electron chi connectivity index (χ4n) is 2.99. The number of nitrogens with zero attached hydrogens (tertiary/aromatic N) is 2. The Morgan fingerprint density at radius 3 is 3.29 bits per heavy atom. The number of H-pyrrole nitrogens is 1. The molecule has 1 atom stereocenters. The highest BCUT2D eigenvalue weighted by atomic mass is 16.5. The van der Waals surface area contributed by atoms with Gasteiger partial charge in [-0.15, -0.1) is 0 Å². The smallest absolute Gasteiger partial charge is 0.310 e. The number of esters is 1. The molecule has 1 aromatic carbocycles. The molecule has 0 spiro atoms. The Balaban J connectivity index is 1.65. The van der Waals surface area contributed by atoms with Crippen molar-refractivity contribution >= 4 is 16.9 Å². The number of rotatable bonds is 4. The fraction of sp³-hybridized carbons (Fsp3) is 0.500. The van der Waals surface area contributed by atoms with Crippen LogP contribution in [-0.2, 0) is 16.1 Å². The zero-order valence-corrected chi connectivity index (χ0v) is 12.3. The molecule has 0 amide bonds. The summed E-state index contributed by atoms with van der Waals surface area (Å²) in [4.78, 5) is 14.2. The topological polar surface area (TPSA) is 58.2 Å². The molecule has 0 aliphatic carbocycles. The van der Waals surface area contributed by atoms with Crippen LogP contribution in [0.5, 0.6) is 0 Å². The molecule has 1 unspecified atom stereocenters. The molecule has 0 bridgehead atoms. The van der Waals surface area contributed by atoms with Gasteiger partial charge in [-0.1, -0.05) is 12.1 Å². The summed E-state index contributed by atoms with van der Waals surface area (Å²) in [5, 5.41) is 8.17. The summed E-state index contributed by atoms with van der Waals surface area (Å²) in [5.41, 5.74) is 2.31. The van der Waals surface area contributed by atoms with Gasteiger partial charge in [-0.2, -0.15) is 5.10 Å². The molecule has 1 aliphatic rings. The van der Waals surface area contributed by atoms with E-state index < -0.39 is 0 Å². The number of aromatic amines is 1. The highest BCUT2D eigenvalue weighted by Gasteiger charge is 2.26. The lowest BCUT2D eigenvalue weighted by atomic mass is 9.97. The number of carbonyl (C=O) groups excluding carboxylic acids is 1. The van der Waals surface area contributed by atoms with Gasteiger partial charge in [0.15, 0.2) is 0 Å². The van der Waals surface area contributed by atoms with E-state index in [0.717, 1.165) is 43.4 Å². The van der Waals surface area contributed by atoms with E-state index in [2.05, 4.69) is 33.3 Å². The summed E-state index contributed by atoms with van der Waals surface area (Å²) in [6.45, 7) is 5.02. The van der Waals surface area contributed by atoms with E-state index >= 15 is 0 Å². The molecule has 112 valence electrons. The van der Waals surface area contributed by atoms with Gasteiger partial charge in [0.25, 0.3) is 0 Å². The van der Waals surface area contributed by atoms with Crippen LogP contribution in [0.15, 0.2) is 24.4 Å². The number of ether oxygens (including phenoxy) is 1. The van der Waals surface area contributed by atoms with Gasteiger partial charge in [0, 0.05) is 18.5 Å². The second kappa shape index (κ2) is 6.26. The van der Waals surface area contributed by atoms with Gasteiger partial charge in [0.05, 0.1) is 24.2 Å². The number of fused-ring (bicyclic) bond motifs is 1. The average molecular weight is 287 g/mol. The summed E-state index contributed by atoms with van der Waals surface area (Å²) in [7, 11) is 0. The maximum atomic E-state index is 11.9. The molecule has 0 radical (unpaired) electrons. The summed E-state index contributed by atoms with van der Waals surface area (Å²) < 4.78 is 5.15. The standard InChI is InChI=1S/C16H21N3O2/c1-2-21-16(20)14-4-3-7-19(11-14)10-12-5-6-13-9-17-18-15(13)8-12/h5-6,8-9,14H,2-4,7,10-11H2,1H3,(H,17,18). The molecule has 1 saturated heterocycles. The van der Waals surface area contributed by atoms with E-state index in [1.807, 2.05) is 13.1 Å². The van der Waals surface area contributed by atoms with Crippen LogP contribution < -0.4 is 0 Å². The number of hydrogen-bond acceptors (Lipinski definition) is 4. The van der Waals surface area contributed by atoms with Gasteiger partial charge in [-0.05, 0) is 37.9 Å². The third-order valence-corrected chi connectivity index (χ3v) is 4.04. The number of nitrogens with one attached hydrogen (secondary N) is 1. The zero-order valence-electron chi connectivity index (χ0n) is 12.3. The number of benzene rings is 1. The van der Waals surface area contributed by atoms with Crippen LogP contribution >= 0.6 is 0 Å². The van der Waals surface area contributed by atoms with Gasteiger partial charge in [-0.25, -0.2) is 0 Å². The Morgan fingerprint density at radius 1 is 1.52 bits per heavy atom. The van der Waals surface area contributed by atoms with Crippen molar-refractivity contribution in [2.24, 2.45) is 5.92 Å². The first kappa shape index (κ1) is 14.1. The number of hydrogen-bond donors (Lipinski definition) is 1. The van der Waals surface area contributed by atoms with Crippen LogP contribution in [0.3, 0.4) is 0 Å². The largest absolute Gasteiger partial charge is 0.466 e. The third kappa shape index (κ3) is 3.24. The van der Waals surface area contributed by atoms with E-state index in [4.69, 9.17) is 4.74 Å². The van der Waals surface area contributed by atoms with E-state index in [1.54, 1.807) is 0 Å². The van der Waals surface area contributed by atoms with E-state index in [-0.39, 0.29) is 11.9 Å². The van der Waals surface area contributed by atoms with Crippen molar-refractivity contribution in [2.75, 3.05) is 19.7 Å². The van der Waals surface area contributed by atoms with Crippen molar-refractivity contribution in [3.05, 3.63) is 30.0 Å². The Morgan fingerprint density at radius 2 is 2.43 bits per heavy atom. The van der Waals surface area contributed by atoms with Crippen LogP contribution in [0, 0.1) is 5.92 Å². The number of piperidine rings is 1. The molecule has 1 N–H and O–H groups in total. The first-order chi connectivity index (χ1) is 10.3. The van der Waals surface area contributed by atoms with Crippen molar-refractivity contribution in [2.45, 2.75) is 26.3 Å². The van der Waals surface area contributed by atoms with Crippen LogP contribution in [0.25, 0.3) is 10.9 Å². The predicted octanol–water partition coefficient (Wildman–Crippen LogP) is 2.34. The maximum Gasteiger partial charge on any atom is 0.310 e. The summed E-state index contributed by atoms with van der Waals surface area (Å²) in [6.07, 6.45) is 3.82. The molecule has 0 saturated carbocycles. The zero-order chi connectivity index (χ0) is 14.7. The third-order valence-electron chi connectivity index (χ3n) is 4.04. The molecule has 5 nitrogen and oxygen atoms in total. The Labute approximate surface area is 124 Å². The van der Waals surface area contributed by atoms with E-state index in [0.29, 0.717) is 6.61 Å². The number of likely N-dealkylation sites (tertiary alicyclic amines) is 1. The van der Waals surface area contributed by atoms with E-state index in [1.165, 1.54) is 5.56 Å². The van der Waals surface area contributed by atoms with Crippen LogP contribution in [0.1, 0.15) is 25.3 Å². The molecule has 21 heavy (non-hydrogen) atoms. The monoisotopic (exact) mass is 287 g/mol. The first-order valence-corrected chi connectivity index (χ1v) is 7.57. The van der Waals surface area contributed by atoms with Crippen molar-refractivity contribution < 1.29 is 9.53 Å². The number of aromatic nitrogens is 2. The van der Waals surface area contributed by atoms with Gasteiger partial charge in [0.2, 0.25) is 0 Å². The minimum absolute atomic E-state index is 0.0228. The lowest BCUT2D eigenvalue weighted by molar-refractivity contribution is -0.150. The molecule has 2 heterocycles. The van der Waals surface area contributed by atoms with Crippen LogP contribution in [0.4, 0.5) is 0 Å². The first-order valence-electron chi connectivity index (χ1n) is 7.57. The highest BCUT2D eigenvalue weighted by Crippen LogP contribution is 2.21. The SMILES string of the molecule is CCOC(=O)C1CCCN(Cc2ccc3cn[nH]c3c2)C1. The second-order valence-electron chi connectivity index (χ2n) is 5.62. The Bertz CT molecular complexity index is 623. The molecule has 1 aromatic heterocycles. The Hall–Kier alpha value is -1.88. The molecule has 1 aliphatic heterocycles. The van der Waals surface area contributed by atoms with Gasteiger partial charge < -0.3 is 4.74 Å². The molecule has 5 heteroatoms. The van der Waals surface area contributed by atoms with Crippen molar-refractivity contribution in [1.82, 2.24) is 15.1 Å². The lowest BCUT2D eigenvalue weighted by Gasteiger charge is -2.31. The minimum atomic E-state index is -0.0498. The summed E-state index contributed by atoms with van der Waals surface area (Å²) >= 11 is 0. The summed E-state index contributed by atoms with van der Waals surface area (Å²) in [6, 6.07) is 6.35. The Kier molecular flexibility index (Phi) is 4.20.